The van der Waals surface area contributed by atoms with Crippen molar-refractivity contribution in [2.75, 3.05) is 27.4 Å². The summed E-state index contributed by atoms with van der Waals surface area (Å²) in [4.78, 5) is 24.6. The molecule has 49 heavy (non-hydrogen) atoms. The van der Waals surface area contributed by atoms with Gasteiger partial charge in [-0.15, -0.1) is 0 Å². The first-order valence-electron chi connectivity index (χ1n) is 15.0. The molecule has 11 nitrogen and oxygen atoms in total. The van der Waals surface area contributed by atoms with E-state index in [1.165, 1.54) is 74.9 Å². The minimum Gasteiger partial charge on any atom is -0.508 e. The summed E-state index contributed by atoms with van der Waals surface area (Å²) in [6.45, 7) is -0.350. The van der Waals surface area contributed by atoms with Gasteiger partial charge in [-0.1, -0.05) is 42.5 Å². The molecule has 0 aromatic heterocycles. The molecule has 0 amide bonds. The number of phenols is 3. The topological polar surface area (TPSA) is 161 Å². The van der Waals surface area contributed by atoms with Crippen molar-refractivity contribution in [2.45, 2.75) is 12.2 Å². The molecule has 0 fully saturated rings. The van der Waals surface area contributed by atoms with Crippen LogP contribution in [-0.2, 0) is 19.1 Å². The molecule has 0 spiro atoms. The number of aromatic hydroxyl groups is 3. The average Bonchev–Trinajstić information content (AvgIpc) is 3.11. The maximum atomic E-state index is 12.6. The highest BCUT2D eigenvalue weighted by atomic mass is 16.6. The van der Waals surface area contributed by atoms with E-state index in [9.17, 15) is 30.0 Å². The number of aliphatic hydroxyl groups excluding tert-OH is 1. The van der Waals surface area contributed by atoms with Gasteiger partial charge in [0, 0.05) is 12.2 Å². The lowest BCUT2D eigenvalue weighted by Crippen LogP contribution is -2.31. The number of methoxy groups -OCH3 is 2. The predicted octanol–water partition coefficient (Wildman–Crippen LogP) is 5.83. The van der Waals surface area contributed by atoms with Crippen molar-refractivity contribution in [1.82, 2.24) is 0 Å². The van der Waals surface area contributed by atoms with Gasteiger partial charge in [0.25, 0.3) is 0 Å². The number of esters is 2. The van der Waals surface area contributed by atoms with Crippen molar-refractivity contribution in [2.24, 2.45) is 0 Å². The molecule has 0 aliphatic heterocycles. The number of hydrogen-bond donors (Lipinski definition) is 4. The van der Waals surface area contributed by atoms with Gasteiger partial charge in [-0.3, -0.25) is 0 Å². The molecule has 11 heteroatoms. The predicted molar refractivity (Wildman–Crippen MR) is 182 cm³/mol. The Morgan fingerprint density at radius 2 is 1.22 bits per heavy atom. The van der Waals surface area contributed by atoms with Gasteiger partial charge in [0.15, 0.2) is 29.1 Å². The lowest BCUT2D eigenvalue weighted by Gasteiger charge is -2.25. The van der Waals surface area contributed by atoms with Crippen molar-refractivity contribution < 1.29 is 53.7 Å². The average molecular weight is 669 g/mol. The second kappa shape index (κ2) is 17.6. The van der Waals surface area contributed by atoms with Gasteiger partial charge in [0.1, 0.15) is 30.8 Å². The zero-order valence-electron chi connectivity index (χ0n) is 26.8. The largest absolute Gasteiger partial charge is 0.508 e. The maximum absolute atomic E-state index is 12.6. The number of carbonyl (C=O) groups is 2. The van der Waals surface area contributed by atoms with Crippen LogP contribution >= 0.6 is 0 Å². The third-order valence-electron chi connectivity index (χ3n) is 7.00. The van der Waals surface area contributed by atoms with Crippen LogP contribution < -0.4 is 14.2 Å². The number of rotatable bonds is 15. The highest BCUT2D eigenvalue weighted by Gasteiger charge is 2.27. The number of aliphatic hydroxyl groups is 1. The van der Waals surface area contributed by atoms with Crippen LogP contribution in [0.4, 0.5) is 0 Å². The van der Waals surface area contributed by atoms with Crippen molar-refractivity contribution in [1.29, 1.82) is 0 Å². The number of phenolic OH excluding ortho intramolecular Hbond substituents is 3. The first kappa shape index (κ1) is 35.7. The van der Waals surface area contributed by atoms with Gasteiger partial charge in [-0.2, -0.15) is 0 Å². The molecule has 4 aromatic rings. The Morgan fingerprint density at radius 3 is 1.82 bits per heavy atom. The van der Waals surface area contributed by atoms with E-state index in [1.54, 1.807) is 60.7 Å². The molecular formula is C38H36O11. The Kier molecular flexibility index (Phi) is 12.8. The Balaban J connectivity index is 1.43. The summed E-state index contributed by atoms with van der Waals surface area (Å²) in [5, 5.41) is 40.2. The summed E-state index contributed by atoms with van der Waals surface area (Å²) < 4.78 is 27.5. The van der Waals surface area contributed by atoms with Gasteiger partial charge in [-0.25, -0.2) is 9.59 Å². The van der Waals surface area contributed by atoms with Gasteiger partial charge in [0.05, 0.1) is 14.2 Å². The van der Waals surface area contributed by atoms with Crippen LogP contribution in [0.1, 0.15) is 28.4 Å². The molecule has 0 heterocycles. The molecule has 254 valence electrons. The van der Waals surface area contributed by atoms with Crippen LogP contribution in [0.3, 0.4) is 0 Å². The van der Waals surface area contributed by atoms with Crippen LogP contribution in [0, 0.1) is 0 Å². The summed E-state index contributed by atoms with van der Waals surface area (Å²) in [7, 11) is 2.82. The normalized spacial score (nSPS) is 12.6. The van der Waals surface area contributed by atoms with E-state index in [-0.39, 0.29) is 42.0 Å². The van der Waals surface area contributed by atoms with Gasteiger partial charge < -0.3 is 44.1 Å². The van der Waals surface area contributed by atoms with Crippen molar-refractivity contribution in [3.05, 3.63) is 125 Å². The number of benzene rings is 4. The van der Waals surface area contributed by atoms with Crippen molar-refractivity contribution in [3.8, 4) is 34.5 Å². The second-order valence-electron chi connectivity index (χ2n) is 10.5. The minimum absolute atomic E-state index is 0.0102. The maximum Gasteiger partial charge on any atom is 0.331 e. The van der Waals surface area contributed by atoms with E-state index >= 15 is 0 Å². The lowest BCUT2D eigenvalue weighted by atomic mass is 10.0. The molecule has 0 aliphatic rings. The Hall–Kier alpha value is -6.20. The molecule has 0 aliphatic carbocycles. The molecular weight excluding hydrogens is 632 g/mol. The van der Waals surface area contributed by atoms with Crippen LogP contribution in [0.2, 0.25) is 0 Å². The zero-order valence-corrected chi connectivity index (χ0v) is 26.8. The van der Waals surface area contributed by atoms with Crippen molar-refractivity contribution >= 4 is 30.2 Å². The Bertz CT molecular complexity index is 1790. The zero-order chi connectivity index (χ0) is 35.2. The quantitative estimate of drug-likeness (QED) is 0.0891. The third-order valence-corrected chi connectivity index (χ3v) is 7.00. The standard InChI is InChI=1S/C38H36O11/c1-45-33-23-28(12-17-31(33)41)38(44)35(24-48-37(43)20-11-26-7-15-30(40)16-8-26)49-32-18-9-27(22-34(32)46-2)4-3-21-47-36(42)19-10-25-5-13-29(39)14-6-25/h3-20,22-23,35,38-41,44H,21,24H2,1-2H3/b4-3+,19-10+,20-11-/t35-,38+/m0/s1. The fourth-order valence-corrected chi connectivity index (χ4v) is 4.41. The molecule has 0 bridgehead atoms. The minimum atomic E-state index is -1.33. The molecule has 4 N–H and O–H groups in total. The van der Waals surface area contributed by atoms with E-state index in [0.717, 1.165) is 5.56 Å². The van der Waals surface area contributed by atoms with Gasteiger partial charge in [-0.05, 0) is 89.0 Å². The van der Waals surface area contributed by atoms with Crippen LogP contribution in [0.5, 0.6) is 34.5 Å². The first-order valence-corrected chi connectivity index (χ1v) is 15.0. The van der Waals surface area contributed by atoms with E-state index in [2.05, 4.69) is 0 Å². The molecule has 0 radical (unpaired) electrons. The number of hydrogen-bond acceptors (Lipinski definition) is 11. The molecule has 0 saturated heterocycles. The van der Waals surface area contributed by atoms with Crippen LogP contribution in [0.25, 0.3) is 18.2 Å². The molecule has 2 atom stereocenters. The van der Waals surface area contributed by atoms with Crippen LogP contribution in [0.15, 0.2) is 103 Å². The molecule has 0 saturated carbocycles. The fraction of sp³-hybridized carbons (Fsp3) is 0.158. The monoisotopic (exact) mass is 668 g/mol. The Morgan fingerprint density at radius 1 is 0.653 bits per heavy atom. The highest BCUT2D eigenvalue weighted by Crippen LogP contribution is 2.34. The lowest BCUT2D eigenvalue weighted by molar-refractivity contribution is -0.142. The SMILES string of the molecule is COc1cc([C@@H](O)[C@H](COC(=O)/C=C\c2ccc(O)cc2)Oc2ccc(/C=C/COC(=O)/C=C/c3ccc(O)cc3)cc2OC)ccc1O. The molecule has 4 aromatic carbocycles. The first-order chi connectivity index (χ1) is 23.6. The van der Waals surface area contributed by atoms with E-state index in [0.29, 0.717) is 22.4 Å². The van der Waals surface area contributed by atoms with Gasteiger partial charge in [0.2, 0.25) is 0 Å². The highest BCUT2D eigenvalue weighted by molar-refractivity contribution is 5.87. The molecule has 4 rings (SSSR count). The fourth-order valence-electron chi connectivity index (χ4n) is 4.41. The number of ether oxygens (including phenoxy) is 5. The number of carbonyl (C=O) groups excluding carboxylic acids is 2. The Labute approximate surface area is 283 Å². The van der Waals surface area contributed by atoms with Gasteiger partial charge >= 0.3 is 11.9 Å². The van der Waals surface area contributed by atoms with E-state index < -0.39 is 24.1 Å². The summed E-state index contributed by atoms with van der Waals surface area (Å²) in [6.07, 6.45) is 6.52. The summed E-state index contributed by atoms with van der Waals surface area (Å²) >= 11 is 0. The van der Waals surface area contributed by atoms with Crippen LogP contribution in [-0.4, -0.2) is 65.9 Å². The summed E-state index contributed by atoms with van der Waals surface area (Å²) in [5.74, 6) is -0.426. The summed E-state index contributed by atoms with van der Waals surface area (Å²) in [6, 6.07) is 21.9. The smallest absolute Gasteiger partial charge is 0.331 e. The van der Waals surface area contributed by atoms with E-state index in [1.807, 2.05) is 0 Å². The second-order valence-corrected chi connectivity index (χ2v) is 10.5. The summed E-state index contributed by atoms with van der Waals surface area (Å²) in [5.41, 5.74) is 2.43. The molecule has 0 unspecified atom stereocenters. The van der Waals surface area contributed by atoms with E-state index in [4.69, 9.17) is 23.7 Å². The van der Waals surface area contributed by atoms with Crippen molar-refractivity contribution in [3.63, 3.8) is 0 Å². The third kappa shape index (κ3) is 10.9.